The summed E-state index contributed by atoms with van der Waals surface area (Å²) in [7, 11) is 0. The van der Waals surface area contributed by atoms with Crippen molar-refractivity contribution >= 4 is 23.0 Å². The molecule has 3 heteroatoms. The van der Waals surface area contributed by atoms with E-state index in [1.165, 1.54) is 12.8 Å². The molecule has 0 fully saturated rings. The maximum atomic E-state index is 10.3. The number of aliphatic carboxylic acids is 1. The Morgan fingerprint density at radius 2 is 2.00 bits per heavy atom. The lowest BCUT2D eigenvalue weighted by atomic mass is 10.1. The van der Waals surface area contributed by atoms with Crippen LogP contribution < -0.4 is 0 Å². The van der Waals surface area contributed by atoms with Gasteiger partial charge in [0.05, 0.1) is 0 Å². The molecule has 0 saturated carbocycles. The van der Waals surface area contributed by atoms with E-state index in [2.05, 4.69) is 6.92 Å². The van der Waals surface area contributed by atoms with Gasteiger partial charge in [0.2, 0.25) is 0 Å². The fourth-order valence-electron chi connectivity index (χ4n) is 0.800. The van der Waals surface area contributed by atoms with Gasteiger partial charge in [-0.2, -0.15) is 0 Å². The first-order valence-electron chi connectivity index (χ1n) is 4.08. The lowest BCUT2D eigenvalue weighted by Gasteiger charge is -1.93. The van der Waals surface area contributed by atoms with Gasteiger partial charge in [-0.25, -0.2) is 4.79 Å². The predicted molar refractivity (Wildman–Crippen MR) is 55.9 cm³/mol. The van der Waals surface area contributed by atoms with Crippen molar-refractivity contribution in [2.24, 2.45) is 0 Å². The molecule has 0 aromatic carbocycles. The number of carboxylic acid groups (broad SMARTS) is 1. The number of carbonyl (C=O) groups is 1. The lowest BCUT2D eigenvalue weighted by Crippen LogP contribution is -1.95. The molecule has 0 aromatic rings. The third kappa shape index (κ3) is 7.79. The predicted octanol–water partition coefficient (Wildman–Crippen LogP) is 3.18. The number of halogens is 1. The molecule has 12 heavy (non-hydrogen) atoms. The Bertz CT molecular complexity index is 153. The van der Waals surface area contributed by atoms with Gasteiger partial charge in [-0.1, -0.05) is 25.8 Å². The minimum absolute atomic E-state index is 0. The van der Waals surface area contributed by atoms with Crippen LogP contribution in [0.1, 0.15) is 39.5 Å². The van der Waals surface area contributed by atoms with Crippen molar-refractivity contribution in [2.45, 2.75) is 39.5 Å². The molecule has 0 rings (SSSR count). The fraction of sp³-hybridized carbons (Fsp3) is 0.667. The van der Waals surface area contributed by atoms with Gasteiger partial charge in [0.1, 0.15) is 0 Å². The molecule has 0 aliphatic carbocycles. The highest BCUT2D eigenvalue weighted by molar-refractivity contribution is 8.93. The van der Waals surface area contributed by atoms with Crippen LogP contribution in [0.4, 0.5) is 0 Å². The van der Waals surface area contributed by atoms with Gasteiger partial charge in [0, 0.05) is 5.57 Å². The van der Waals surface area contributed by atoms with Gasteiger partial charge in [0.15, 0.2) is 0 Å². The molecule has 0 saturated heterocycles. The van der Waals surface area contributed by atoms with Crippen molar-refractivity contribution < 1.29 is 9.90 Å². The molecule has 0 amide bonds. The van der Waals surface area contributed by atoms with Crippen LogP contribution in [0.5, 0.6) is 0 Å². The molecule has 0 aliphatic rings. The molecule has 0 aromatic heterocycles. The normalized spacial score (nSPS) is 10.7. The molecule has 0 spiro atoms. The van der Waals surface area contributed by atoms with E-state index in [4.69, 9.17) is 5.11 Å². The van der Waals surface area contributed by atoms with E-state index in [1.54, 1.807) is 13.0 Å². The van der Waals surface area contributed by atoms with Crippen molar-refractivity contribution in [3.63, 3.8) is 0 Å². The van der Waals surface area contributed by atoms with Gasteiger partial charge in [-0.15, -0.1) is 17.0 Å². The van der Waals surface area contributed by atoms with Crippen LogP contribution in [-0.4, -0.2) is 11.1 Å². The number of unbranched alkanes of at least 4 members (excludes halogenated alkanes) is 3. The Kier molecular flexibility index (Phi) is 10.4. The molecule has 72 valence electrons. The molecule has 0 radical (unpaired) electrons. The Morgan fingerprint density at radius 3 is 2.42 bits per heavy atom. The Morgan fingerprint density at radius 1 is 1.42 bits per heavy atom. The summed E-state index contributed by atoms with van der Waals surface area (Å²) in [6.07, 6.45) is 6.15. The second-order valence-electron chi connectivity index (χ2n) is 2.69. The first kappa shape index (κ1) is 14.2. The van der Waals surface area contributed by atoms with Crippen LogP contribution in [0.15, 0.2) is 11.6 Å². The van der Waals surface area contributed by atoms with E-state index < -0.39 is 5.97 Å². The van der Waals surface area contributed by atoms with Crippen molar-refractivity contribution in [2.75, 3.05) is 0 Å². The summed E-state index contributed by atoms with van der Waals surface area (Å²) < 4.78 is 0. The second-order valence-corrected chi connectivity index (χ2v) is 2.69. The van der Waals surface area contributed by atoms with Gasteiger partial charge in [0.25, 0.3) is 0 Å². The van der Waals surface area contributed by atoms with E-state index in [9.17, 15) is 4.79 Å². The van der Waals surface area contributed by atoms with Crippen LogP contribution in [0.2, 0.25) is 0 Å². The van der Waals surface area contributed by atoms with E-state index in [0.29, 0.717) is 5.57 Å². The average Bonchev–Trinajstić information content (AvgIpc) is 1.97. The lowest BCUT2D eigenvalue weighted by molar-refractivity contribution is -0.132. The highest BCUT2D eigenvalue weighted by Crippen LogP contribution is 2.02. The summed E-state index contributed by atoms with van der Waals surface area (Å²) in [4.78, 5) is 10.3. The molecule has 0 heterocycles. The highest BCUT2D eigenvalue weighted by Gasteiger charge is 1.96. The largest absolute Gasteiger partial charge is 0.478 e. The van der Waals surface area contributed by atoms with E-state index >= 15 is 0 Å². The highest BCUT2D eigenvalue weighted by atomic mass is 79.9. The molecule has 0 atom stereocenters. The third-order valence-electron chi connectivity index (χ3n) is 1.60. The molecular formula is C9H17BrO2. The second kappa shape index (κ2) is 8.78. The van der Waals surface area contributed by atoms with Crippen molar-refractivity contribution in [3.05, 3.63) is 11.6 Å². The maximum absolute atomic E-state index is 10.3. The zero-order valence-corrected chi connectivity index (χ0v) is 9.38. The van der Waals surface area contributed by atoms with Crippen LogP contribution in [0.3, 0.4) is 0 Å². The molecule has 0 bridgehead atoms. The smallest absolute Gasteiger partial charge is 0.330 e. The number of allylic oxidation sites excluding steroid dienone is 1. The number of carboxylic acids is 1. The summed E-state index contributed by atoms with van der Waals surface area (Å²) in [5, 5.41) is 8.47. The van der Waals surface area contributed by atoms with Crippen LogP contribution in [0.25, 0.3) is 0 Å². The maximum Gasteiger partial charge on any atom is 0.330 e. The summed E-state index contributed by atoms with van der Waals surface area (Å²) in [5.41, 5.74) is 0.459. The summed E-state index contributed by atoms with van der Waals surface area (Å²) in [5.74, 6) is -0.804. The first-order valence-corrected chi connectivity index (χ1v) is 4.08. The SMILES string of the molecule is Br.CCCCCC=C(C)C(=O)O. The van der Waals surface area contributed by atoms with E-state index in [1.807, 2.05) is 0 Å². The number of rotatable bonds is 5. The molecule has 0 aliphatic heterocycles. The Labute approximate surface area is 84.4 Å². The molecular weight excluding hydrogens is 220 g/mol. The van der Waals surface area contributed by atoms with Crippen molar-refractivity contribution in [3.8, 4) is 0 Å². The summed E-state index contributed by atoms with van der Waals surface area (Å²) in [6, 6.07) is 0. The van der Waals surface area contributed by atoms with Gasteiger partial charge < -0.3 is 5.11 Å². The van der Waals surface area contributed by atoms with Crippen LogP contribution in [0, 0.1) is 0 Å². The van der Waals surface area contributed by atoms with Crippen LogP contribution >= 0.6 is 17.0 Å². The third-order valence-corrected chi connectivity index (χ3v) is 1.60. The average molecular weight is 237 g/mol. The molecule has 1 N–H and O–H groups in total. The Hall–Kier alpha value is -0.310. The standard InChI is InChI=1S/C9H16O2.BrH/c1-3-4-5-6-7-8(2)9(10)11;/h7H,3-6H2,1-2H3,(H,10,11);1H. The zero-order valence-electron chi connectivity index (χ0n) is 7.67. The quantitative estimate of drug-likeness (QED) is 0.589. The monoisotopic (exact) mass is 236 g/mol. The van der Waals surface area contributed by atoms with E-state index in [0.717, 1.165) is 12.8 Å². The van der Waals surface area contributed by atoms with Crippen LogP contribution in [-0.2, 0) is 4.79 Å². The number of hydrogen-bond donors (Lipinski definition) is 1. The summed E-state index contributed by atoms with van der Waals surface area (Å²) in [6.45, 7) is 3.77. The zero-order chi connectivity index (χ0) is 8.69. The van der Waals surface area contributed by atoms with Gasteiger partial charge >= 0.3 is 5.97 Å². The van der Waals surface area contributed by atoms with Crippen molar-refractivity contribution in [1.29, 1.82) is 0 Å². The molecule has 0 unspecified atom stereocenters. The fourth-order valence-corrected chi connectivity index (χ4v) is 0.800. The van der Waals surface area contributed by atoms with Gasteiger partial charge in [-0.05, 0) is 19.8 Å². The molecule has 2 nitrogen and oxygen atoms in total. The topological polar surface area (TPSA) is 37.3 Å². The van der Waals surface area contributed by atoms with Gasteiger partial charge in [-0.3, -0.25) is 0 Å². The first-order chi connectivity index (χ1) is 5.18. The number of hydrogen-bond acceptors (Lipinski definition) is 1. The minimum atomic E-state index is -0.804. The summed E-state index contributed by atoms with van der Waals surface area (Å²) >= 11 is 0. The minimum Gasteiger partial charge on any atom is -0.478 e. The Balaban J connectivity index is 0. The van der Waals surface area contributed by atoms with Crippen molar-refractivity contribution in [1.82, 2.24) is 0 Å². The van der Waals surface area contributed by atoms with E-state index in [-0.39, 0.29) is 17.0 Å².